The first-order valence-electron chi connectivity index (χ1n) is 9.86. The Balaban J connectivity index is 2.02. The summed E-state index contributed by atoms with van der Waals surface area (Å²) in [5.74, 6) is 1.01. The zero-order valence-corrected chi connectivity index (χ0v) is 17.0. The van der Waals surface area contributed by atoms with Gasteiger partial charge in [-0.05, 0) is 50.2 Å². The van der Waals surface area contributed by atoms with E-state index in [2.05, 4.69) is 10.1 Å². The molecule has 0 fully saturated rings. The van der Waals surface area contributed by atoms with E-state index in [4.69, 9.17) is 8.94 Å². The Labute approximate surface area is 169 Å². The normalized spacial score (nSPS) is 10.9. The van der Waals surface area contributed by atoms with Crippen LogP contribution in [-0.2, 0) is 17.9 Å². The first-order chi connectivity index (χ1) is 14.1. The van der Waals surface area contributed by atoms with Crippen LogP contribution < -0.4 is 4.90 Å². The molecular weight excluding hydrogens is 373 g/mol. The van der Waals surface area contributed by atoms with Gasteiger partial charge in [0.25, 0.3) is 0 Å². The maximum atomic E-state index is 13.4. The number of rotatable bonds is 9. The van der Waals surface area contributed by atoms with Crippen molar-refractivity contribution in [1.82, 2.24) is 10.1 Å². The molecule has 0 aliphatic rings. The number of anilines is 1. The van der Waals surface area contributed by atoms with Gasteiger partial charge in [0.2, 0.25) is 11.8 Å². The largest absolute Gasteiger partial charge is 0.467 e. The molecule has 0 bridgehead atoms. The summed E-state index contributed by atoms with van der Waals surface area (Å²) >= 11 is 0. The zero-order chi connectivity index (χ0) is 20.8. The fourth-order valence-electron chi connectivity index (χ4n) is 3.27. The van der Waals surface area contributed by atoms with Gasteiger partial charge >= 0.3 is 0 Å². The number of hydrogen-bond acceptors (Lipinski definition) is 5. The Morgan fingerprint density at radius 1 is 1.07 bits per heavy atom. The maximum absolute atomic E-state index is 13.4. The Hall–Kier alpha value is -3.09. The third-order valence-electron chi connectivity index (χ3n) is 4.87. The van der Waals surface area contributed by atoms with Crippen LogP contribution in [0, 0.1) is 5.82 Å². The molecule has 0 aliphatic heterocycles. The average Bonchev–Trinajstić information content (AvgIpc) is 3.39. The summed E-state index contributed by atoms with van der Waals surface area (Å²) in [7, 11) is 0. The highest BCUT2D eigenvalue weighted by Gasteiger charge is 2.25. The minimum Gasteiger partial charge on any atom is -0.467 e. The minimum atomic E-state index is -0.316. The number of nitrogens with zero attached hydrogens (tertiary/aromatic N) is 3. The van der Waals surface area contributed by atoms with Gasteiger partial charge in [-0.2, -0.15) is 0 Å². The Bertz CT molecular complexity index is 915. The molecule has 0 radical (unpaired) electrons. The molecule has 0 spiro atoms. The van der Waals surface area contributed by atoms with Gasteiger partial charge in [0.1, 0.15) is 17.3 Å². The van der Waals surface area contributed by atoms with Crippen LogP contribution in [0.5, 0.6) is 0 Å². The molecule has 3 rings (SSSR count). The van der Waals surface area contributed by atoms with Gasteiger partial charge in [-0.3, -0.25) is 4.79 Å². The lowest BCUT2D eigenvalue weighted by molar-refractivity contribution is -0.132. The third kappa shape index (κ3) is 4.67. The Morgan fingerprint density at radius 2 is 1.79 bits per heavy atom. The second kappa shape index (κ2) is 9.41. The molecule has 154 valence electrons. The molecule has 2 heterocycles. The predicted molar refractivity (Wildman–Crippen MR) is 109 cm³/mol. The standard InChI is InChI=1S/C22H26FN3O3/c1-4-20(27)26(14-18-8-7-13-28-18)15-19-21(16-9-11-17(23)12-10-16)24-29-22(19)25(5-2)6-3/h7-13H,4-6,14-15H2,1-3H3. The monoisotopic (exact) mass is 399 g/mol. The summed E-state index contributed by atoms with van der Waals surface area (Å²) in [4.78, 5) is 16.4. The molecule has 0 saturated carbocycles. The van der Waals surface area contributed by atoms with Crippen LogP contribution in [0.1, 0.15) is 38.5 Å². The third-order valence-corrected chi connectivity index (χ3v) is 4.87. The van der Waals surface area contributed by atoms with Crippen molar-refractivity contribution in [2.45, 2.75) is 40.3 Å². The van der Waals surface area contributed by atoms with Gasteiger partial charge in [0.15, 0.2) is 0 Å². The highest BCUT2D eigenvalue weighted by molar-refractivity contribution is 5.77. The number of aromatic nitrogens is 1. The van der Waals surface area contributed by atoms with Gasteiger partial charge in [-0.1, -0.05) is 12.1 Å². The van der Waals surface area contributed by atoms with E-state index in [1.165, 1.54) is 12.1 Å². The summed E-state index contributed by atoms with van der Waals surface area (Å²) in [6.07, 6.45) is 1.97. The number of hydrogen-bond donors (Lipinski definition) is 0. The molecule has 1 amide bonds. The predicted octanol–water partition coefficient (Wildman–Crippen LogP) is 4.86. The average molecular weight is 399 g/mol. The summed E-state index contributed by atoms with van der Waals surface area (Å²) in [6.45, 7) is 8.04. The van der Waals surface area contributed by atoms with E-state index in [1.807, 2.05) is 26.8 Å². The van der Waals surface area contributed by atoms with Crippen molar-refractivity contribution >= 4 is 11.8 Å². The lowest BCUT2D eigenvalue weighted by Gasteiger charge is -2.24. The van der Waals surface area contributed by atoms with Crippen LogP contribution in [0.2, 0.25) is 0 Å². The highest BCUT2D eigenvalue weighted by Crippen LogP contribution is 2.33. The van der Waals surface area contributed by atoms with E-state index in [0.29, 0.717) is 36.8 Å². The van der Waals surface area contributed by atoms with Crippen molar-refractivity contribution in [3.8, 4) is 11.3 Å². The SMILES string of the molecule is CCC(=O)N(Cc1ccco1)Cc1c(-c2ccc(F)cc2)noc1N(CC)CC. The zero-order valence-electron chi connectivity index (χ0n) is 17.0. The van der Waals surface area contributed by atoms with Crippen LogP contribution in [-0.4, -0.2) is 29.1 Å². The van der Waals surface area contributed by atoms with Gasteiger partial charge in [-0.25, -0.2) is 4.39 Å². The second-order valence-electron chi connectivity index (χ2n) is 6.68. The molecule has 0 saturated heterocycles. The molecule has 0 unspecified atom stereocenters. The van der Waals surface area contributed by atoms with Crippen LogP contribution in [0.3, 0.4) is 0 Å². The fraction of sp³-hybridized carbons (Fsp3) is 0.364. The first-order valence-corrected chi connectivity index (χ1v) is 9.86. The minimum absolute atomic E-state index is 0.00171. The molecule has 2 aromatic heterocycles. The maximum Gasteiger partial charge on any atom is 0.232 e. The lowest BCUT2D eigenvalue weighted by Crippen LogP contribution is -2.30. The quantitative estimate of drug-likeness (QED) is 0.514. The summed E-state index contributed by atoms with van der Waals surface area (Å²) in [5.41, 5.74) is 2.15. The van der Waals surface area contributed by atoms with Crippen molar-refractivity contribution in [3.05, 3.63) is 59.8 Å². The van der Waals surface area contributed by atoms with Gasteiger partial charge < -0.3 is 18.7 Å². The number of amides is 1. The number of furan rings is 1. The van der Waals surface area contributed by atoms with Crippen molar-refractivity contribution in [2.24, 2.45) is 0 Å². The Morgan fingerprint density at radius 3 is 2.38 bits per heavy atom. The number of benzene rings is 1. The molecule has 0 aliphatic carbocycles. The number of halogens is 1. The summed E-state index contributed by atoms with van der Waals surface area (Å²) in [5, 5.41) is 4.27. The molecular formula is C22H26FN3O3. The Kier molecular flexibility index (Phi) is 6.69. The molecule has 7 heteroatoms. The highest BCUT2D eigenvalue weighted by atomic mass is 19.1. The van der Waals surface area contributed by atoms with E-state index in [1.54, 1.807) is 29.4 Å². The fourth-order valence-corrected chi connectivity index (χ4v) is 3.27. The molecule has 1 aromatic carbocycles. The molecule has 0 atom stereocenters. The van der Waals surface area contributed by atoms with Crippen molar-refractivity contribution in [3.63, 3.8) is 0 Å². The van der Waals surface area contributed by atoms with Gasteiger partial charge in [-0.15, -0.1) is 0 Å². The lowest BCUT2D eigenvalue weighted by atomic mass is 10.1. The van der Waals surface area contributed by atoms with E-state index < -0.39 is 0 Å². The first kappa shape index (κ1) is 20.6. The van der Waals surface area contributed by atoms with Gasteiger partial charge in [0, 0.05) is 25.1 Å². The topological polar surface area (TPSA) is 62.7 Å². The van der Waals surface area contributed by atoms with Crippen molar-refractivity contribution in [2.75, 3.05) is 18.0 Å². The van der Waals surface area contributed by atoms with Gasteiger partial charge in [0.05, 0.1) is 24.9 Å². The van der Waals surface area contributed by atoms with Crippen LogP contribution >= 0.6 is 0 Å². The smallest absolute Gasteiger partial charge is 0.232 e. The van der Waals surface area contributed by atoms with Crippen LogP contribution in [0.15, 0.2) is 51.6 Å². The van der Waals surface area contributed by atoms with Crippen LogP contribution in [0.25, 0.3) is 11.3 Å². The van der Waals surface area contributed by atoms with E-state index in [9.17, 15) is 9.18 Å². The molecule has 29 heavy (non-hydrogen) atoms. The van der Waals surface area contributed by atoms with Crippen molar-refractivity contribution in [1.29, 1.82) is 0 Å². The van der Waals surface area contributed by atoms with Crippen LogP contribution in [0.4, 0.5) is 10.3 Å². The van der Waals surface area contributed by atoms with E-state index in [-0.39, 0.29) is 11.7 Å². The molecule has 0 N–H and O–H groups in total. The van der Waals surface area contributed by atoms with E-state index in [0.717, 1.165) is 24.2 Å². The second-order valence-corrected chi connectivity index (χ2v) is 6.68. The summed E-state index contributed by atoms with van der Waals surface area (Å²) in [6, 6.07) is 9.76. The number of carbonyl (C=O) groups is 1. The molecule has 3 aromatic rings. The van der Waals surface area contributed by atoms with E-state index >= 15 is 0 Å². The van der Waals surface area contributed by atoms with Crippen molar-refractivity contribution < 1.29 is 18.1 Å². The number of carbonyl (C=O) groups excluding carboxylic acids is 1. The molecule has 6 nitrogen and oxygen atoms in total. The summed E-state index contributed by atoms with van der Waals surface area (Å²) < 4.78 is 24.5.